The van der Waals surface area contributed by atoms with Crippen molar-refractivity contribution in [3.8, 4) is 11.3 Å². The highest BCUT2D eigenvalue weighted by molar-refractivity contribution is 5.98. The standard InChI is InChI=1S/C25H21F3N6O3/c26-25(27,28)17-5-7-30-18(11-17)12-19(35)14-1-3-15(4-2-14)20-21-22(29)31-8-10-34(21)24(32-20)33-9-6-16(13-33)23(36)37/h1-5,7-8,10-11,16H,6,9,12-13H2,(H2,29,31)(H,36,37)/t16-/m0/s1. The largest absolute Gasteiger partial charge is 0.481 e. The summed E-state index contributed by atoms with van der Waals surface area (Å²) in [7, 11) is 0. The van der Waals surface area contributed by atoms with E-state index < -0.39 is 23.6 Å². The van der Waals surface area contributed by atoms with Gasteiger partial charge in [-0.1, -0.05) is 24.3 Å². The highest BCUT2D eigenvalue weighted by atomic mass is 19.4. The van der Waals surface area contributed by atoms with Crippen molar-refractivity contribution in [3.63, 3.8) is 0 Å². The lowest BCUT2D eigenvalue weighted by Crippen LogP contribution is -2.24. The molecule has 1 aromatic carbocycles. The molecule has 5 rings (SSSR count). The van der Waals surface area contributed by atoms with Crippen molar-refractivity contribution in [3.05, 3.63) is 71.8 Å². The third-order valence-corrected chi connectivity index (χ3v) is 6.35. The number of anilines is 2. The lowest BCUT2D eigenvalue weighted by Gasteiger charge is -2.15. The summed E-state index contributed by atoms with van der Waals surface area (Å²) >= 11 is 0. The number of aliphatic carboxylic acids is 1. The van der Waals surface area contributed by atoms with Gasteiger partial charge in [-0.2, -0.15) is 13.2 Å². The Bertz CT molecular complexity index is 1500. The first-order valence-corrected chi connectivity index (χ1v) is 11.4. The number of alkyl halides is 3. The van der Waals surface area contributed by atoms with Crippen molar-refractivity contribution in [2.24, 2.45) is 5.92 Å². The summed E-state index contributed by atoms with van der Waals surface area (Å²) in [6, 6.07) is 8.22. The van der Waals surface area contributed by atoms with Gasteiger partial charge in [0, 0.05) is 48.5 Å². The molecule has 0 spiro atoms. The lowest BCUT2D eigenvalue weighted by molar-refractivity contribution is -0.141. The van der Waals surface area contributed by atoms with Gasteiger partial charge in [0.25, 0.3) is 0 Å². The van der Waals surface area contributed by atoms with Gasteiger partial charge in [-0.25, -0.2) is 9.97 Å². The molecule has 190 valence electrons. The smallest absolute Gasteiger partial charge is 0.416 e. The molecule has 9 nitrogen and oxygen atoms in total. The zero-order chi connectivity index (χ0) is 26.3. The van der Waals surface area contributed by atoms with E-state index in [0.29, 0.717) is 47.8 Å². The molecule has 1 fully saturated rings. The van der Waals surface area contributed by atoms with E-state index in [4.69, 9.17) is 10.7 Å². The van der Waals surface area contributed by atoms with Crippen LogP contribution in [0.3, 0.4) is 0 Å². The number of benzene rings is 1. The molecule has 0 unspecified atom stereocenters. The Kier molecular flexibility index (Phi) is 6.02. The number of halogens is 3. The molecule has 37 heavy (non-hydrogen) atoms. The molecular weight excluding hydrogens is 489 g/mol. The molecule has 3 N–H and O–H groups in total. The first kappa shape index (κ1) is 24.2. The Labute approximate surface area is 208 Å². The summed E-state index contributed by atoms with van der Waals surface area (Å²) in [6.07, 6.45) is -0.0331. The summed E-state index contributed by atoms with van der Waals surface area (Å²) in [5.74, 6) is -0.955. The predicted molar refractivity (Wildman–Crippen MR) is 128 cm³/mol. The van der Waals surface area contributed by atoms with Crippen LogP contribution in [-0.4, -0.2) is 49.3 Å². The average molecular weight is 510 g/mol. The number of rotatable bonds is 6. The Hall–Kier alpha value is -4.48. The zero-order valence-electron chi connectivity index (χ0n) is 19.3. The van der Waals surface area contributed by atoms with Gasteiger partial charge in [-0.15, -0.1) is 0 Å². The van der Waals surface area contributed by atoms with Crippen molar-refractivity contribution in [1.82, 2.24) is 19.4 Å². The number of pyridine rings is 1. The van der Waals surface area contributed by atoms with Crippen molar-refractivity contribution < 1.29 is 27.9 Å². The Morgan fingerprint density at radius 3 is 2.54 bits per heavy atom. The normalized spacial score (nSPS) is 15.9. The van der Waals surface area contributed by atoms with E-state index in [1.807, 2.05) is 4.90 Å². The number of carbonyl (C=O) groups excluding carboxylic acids is 1. The maximum absolute atomic E-state index is 13.0. The van der Waals surface area contributed by atoms with E-state index in [1.165, 1.54) is 6.20 Å². The van der Waals surface area contributed by atoms with Crippen molar-refractivity contribution in [2.45, 2.75) is 19.0 Å². The maximum Gasteiger partial charge on any atom is 0.416 e. The number of nitrogens with two attached hydrogens (primary N) is 1. The van der Waals surface area contributed by atoms with E-state index in [9.17, 15) is 27.9 Å². The molecule has 1 aliphatic rings. The first-order chi connectivity index (χ1) is 17.6. The summed E-state index contributed by atoms with van der Waals surface area (Å²) in [6.45, 7) is 0.835. The highest BCUT2D eigenvalue weighted by Crippen LogP contribution is 2.34. The minimum absolute atomic E-state index is 0.0257. The van der Waals surface area contributed by atoms with Gasteiger partial charge in [0.15, 0.2) is 5.78 Å². The van der Waals surface area contributed by atoms with Crippen LogP contribution in [0, 0.1) is 5.92 Å². The van der Waals surface area contributed by atoms with Crippen LogP contribution >= 0.6 is 0 Å². The van der Waals surface area contributed by atoms with Crippen LogP contribution in [0.15, 0.2) is 55.0 Å². The second-order valence-corrected chi connectivity index (χ2v) is 8.77. The van der Waals surface area contributed by atoms with Gasteiger partial charge >= 0.3 is 12.1 Å². The zero-order valence-corrected chi connectivity index (χ0v) is 19.3. The fraction of sp³-hybridized carbons (Fsp3) is 0.240. The number of imidazole rings is 1. The lowest BCUT2D eigenvalue weighted by atomic mass is 10.0. The average Bonchev–Trinajstić information content (AvgIpc) is 3.50. The molecule has 0 amide bonds. The SMILES string of the molecule is Nc1nccn2c(N3CC[C@H](C(=O)O)C3)nc(-c3ccc(C(=O)Cc4cc(C(F)(F)F)ccn4)cc3)c12. The molecular formula is C25H21F3N6O3. The van der Waals surface area contributed by atoms with E-state index >= 15 is 0 Å². The molecule has 12 heteroatoms. The summed E-state index contributed by atoms with van der Waals surface area (Å²) in [5, 5.41) is 9.37. The van der Waals surface area contributed by atoms with Crippen LogP contribution in [0.25, 0.3) is 16.8 Å². The van der Waals surface area contributed by atoms with E-state index in [0.717, 1.165) is 18.3 Å². The van der Waals surface area contributed by atoms with Crippen LogP contribution < -0.4 is 10.6 Å². The molecule has 4 heterocycles. The summed E-state index contributed by atoms with van der Waals surface area (Å²) in [4.78, 5) is 38.8. The minimum atomic E-state index is -4.52. The number of carboxylic acid groups (broad SMARTS) is 1. The van der Waals surface area contributed by atoms with Crippen LogP contribution in [0.2, 0.25) is 0 Å². The minimum Gasteiger partial charge on any atom is -0.481 e. The van der Waals surface area contributed by atoms with Gasteiger partial charge in [-0.05, 0) is 18.6 Å². The van der Waals surface area contributed by atoms with Gasteiger partial charge in [0.1, 0.15) is 17.0 Å². The first-order valence-electron chi connectivity index (χ1n) is 11.4. The van der Waals surface area contributed by atoms with Crippen LogP contribution in [0.4, 0.5) is 24.9 Å². The van der Waals surface area contributed by atoms with Gasteiger partial charge < -0.3 is 15.7 Å². The highest BCUT2D eigenvalue weighted by Gasteiger charge is 2.32. The number of Topliss-reactive ketones (excluding diaryl/α,β-unsaturated/α-hetero) is 1. The fourth-order valence-corrected chi connectivity index (χ4v) is 4.45. The quantitative estimate of drug-likeness (QED) is 0.376. The Morgan fingerprint density at radius 1 is 1.11 bits per heavy atom. The number of carbonyl (C=O) groups is 2. The molecule has 1 aliphatic heterocycles. The molecule has 4 aromatic rings. The van der Waals surface area contributed by atoms with Crippen molar-refractivity contribution >= 4 is 29.0 Å². The number of carboxylic acids is 1. The molecule has 0 aliphatic carbocycles. The monoisotopic (exact) mass is 510 g/mol. The number of nitrogen functional groups attached to an aromatic ring is 1. The summed E-state index contributed by atoms with van der Waals surface area (Å²) < 4.78 is 40.7. The van der Waals surface area contributed by atoms with Crippen LogP contribution in [0.1, 0.15) is 28.0 Å². The third kappa shape index (κ3) is 4.69. The van der Waals surface area contributed by atoms with Gasteiger partial charge in [0.05, 0.1) is 17.9 Å². The topological polar surface area (TPSA) is 127 Å². The van der Waals surface area contributed by atoms with E-state index in [-0.39, 0.29) is 23.7 Å². The van der Waals surface area contributed by atoms with Crippen molar-refractivity contribution in [2.75, 3.05) is 23.7 Å². The second-order valence-electron chi connectivity index (χ2n) is 8.77. The molecule has 3 aromatic heterocycles. The number of aromatic nitrogens is 4. The molecule has 0 radical (unpaired) electrons. The summed E-state index contributed by atoms with van der Waals surface area (Å²) in [5.41, 5.74) is 7.34. The molecule has 1 atom stereocenters. The third-order valence-electron chi connectivity index (χ3n) is 6.35. The van der Waals surface area contributed by atoms with Crippen LogP contribution in [-0.2, 0) is 17.4 Å². The molecule has 0 bridgehead atoms. The molecule has 0 saturated carbocycles. The van der Waals surface area contributed by atoms with E-state index in [1.54, 1.807) is 34.9 Å². The Morgan fingerprint density at radius 2 is 1.86 bits per heavy atom. The van der Waals surface area contributed by atoms with Crippen molar-refractivity contribution in [1.29, 1.82) is 0 Å². The Balaban J connectivity index is 1.43. The predicted octanol–water partition coefficient (Wildman–Crippen LogP) is 3.73. The maximum atomic E-state index is 13.0. The van der Waals surface area contributed by atoms with E-state index in [2.05, 4.69) is 9.97 Å². The molecule has 1 saturated heterocycles. The van der Waals surface area contributed by atoms with Gasteiger partial charge in [0.2, 0.25) is 5.95 Å². The number of hydrogen-bond donors (Lipinski definition) is 2. The van der Waals surface area contributed by atoms with Crippen LogP contribution in [0.5, 0.6) is 0 Å². The number of ketones is 1. The fourth-order valence-electron chi connectivity index (χ4n) is 4.45. The van der Waals surface area contributed by atoms with Gasteiger partial charge in [-0.3, -0.25) is 19.0 Å². The second kappa shape index (κ2) is 9.19. The number of fused-ring (bicyclic) bond motifs is 1. The number of nitrogens with zero attached hydrogens (tertiary/aromatic N) is 5. The number of hydrogen-bond acceptors (Lipinski definition) is 7.